The predicted molar refractivity (Wildman–Crippen MR) is 120 cm³/mol. The van der Waals surface area contributed by atoms with Crippen molar-refractivity contribution in [3.05, 3.63) is 41.3 Å². The highest BCUT2D eigenvalue weighted by Crippen LogP contribution is 2.75. The third-order valence-electron chi connectivity index (χ3n) is 7.69. The summed E-state index contributed by atoms with van der Waals surface area (Å²) >= 11 is 0. The normalized spacial score (nSPS) is 31.1. The lowest BCUT2D eigenvalue weighted by Gasteiger charge is -2.26. The number of aromatic nitrogens is 2. The van der Waals surface area contributed by atoms with Crippen LogP contribution in [-0.2, 0) is 6.54 Å². The van der Waals surface area contributed by atoms with Gasteiger partial charge in [-0.25, -0.2) is 9.37 Å². The summed E-state index contributed by atoms with van der Waals surface area (Å²) in [5.74, 6) is 3.05. The van der Waals surface area contributed by atoms with Gasteiger partial charge in [0.25, 0.3) is 5.91 Å². The first-order valence-electron chi connectivity index (χ1n) is 11.7. The Labute approximate surface area is 191 Å². The number of methoxy groups -OCH3 is 1. The van der Waals surface area contributed by atoms with Crippen molar-refractivity contribution in [1.29, 1.82) is 0 Å². The smallest absolute Gasteiger partial charge is 0.256 e. The van der Waals surface area contributed by atoms with Gasteiger partial charge in [-0.1, -0.05) is 6.07 Å². The number of halogens is 1. The Morgan fingerprint density at radius 3 is 2.73 bits per heavy atom. The van der Waals surface area contributed by atoms with Gasteiger partial charge in [-0.15, -0.1) is 0 Å². The maximum atomic E-state index is 14.1. The molecule has 3 aliphatic carbocycles. The molecule has 1 amide bonds. The Morgan fingerprint density at radius 1 is 1.27 bits per heavy atom. The van der Waals surface area contributed by atoms with Crippen molar-refractivity contribution in [2.45, 2.75) is 50.4 Å². The quantitative estimate of drug-likeness (QED) is 0.592. The minimum atomic E-state index is -0.433. The molecule has 2 bridgehead atoms. The van der Waals surface area contributed by atoms with Gasteiger partial charge in [-0.3, -0.25) is 4.79 Å². The number of ether oxygens (including phenoxy) is 1. The number of aliphatic hydroxyl groups excluding tert-OH is 1. The van der Waals surface area contributed by atoms with E-state index in [1.807, 2.05) is 0 Å². The fourth-order valence-corrected chi connectivity index (χ4v) is 5.65. The Kier molecular flexibility index (Phi) is 4.90. The fourth-order valence-electron chi connectivity index (χ4n) is 5.65. The molecule has 3 heterocycles. The van der Waals surface area contributed by atoms with E-state index in [1.165, 1.54) is 13.2 Å². The van der Waals surface area contributed by atoms with Crippen LogP contribution in [0.4, 0.5) is 16.2 Å². The number of piperidine rings is 1. The van der Waals surface area contributed by atoms with E-state index in [2.05, 4.69) is 20.5 Å². The number of hydrogen-bond donors (Lipinski definition) is 3. The third-order valence-corrected chi connectivity index (χ3v) is 7.69. The minimum Gasteiger partial charge on any atom is -0.494 e. The van der Waals surface area contributed by atoms with E-state index in [9.17, 15) is 14.3 Å². The van der Waals surface area contributed by atoms with E-state index < -0.39 is 5.82 Å². The van der Waals surface area contributed by atoms with Crippen molar-refractivity contribution in [2.75, 3.05) is 23.9 Å². The van der Waals surface area contributed by atoms with Gasteiger partial charge in [-0.05, 0) is 61.1 Å². The molecule has 1 aromatic carbocycles. The molecular weight excluding hydrogens is 425 g/mol. The molecule has 2 unspecified atom stereocenters. The topological polar surface area (TPSA) is 99.6 Å². The second kappa shape index (κ2) is 7.83. The molecule has 5 aliphatic rings. The van der Waals surface area contributed by atoms with E-state index in [0.717, 1.165) is 37.1 Å². The standard InChI is InChI=1S/C24H28FN5O3/c1-33-18-7-2-12(8-17(18)25)9-26-22-15(23(32)28-13-3-5-14(31)6-4-13)10-27-24(29-22)30-11-16-19-20(16)21(19)30/h2,7-8,10,13-14,16,19-21,31H,3-6,9,11H2,1H3,(H,28,32)(H,26,27,29). The maximum Gasteiger partial charge on any atom is 0.256 e. The minimum absolute atomic E-state index is 0.0264. The van der Waals surface area contributed by atoms with Gasteiger partial charge in [-0.2, -0.15) is 4.98 Å². The molecule has 7 rings (SSSR count). The molecule has 0 spiro atoms. The lowest BCUT2D eigenvalue weighted by atomic mass is 9.93. The van der Waals surface area contributed by atoms with Crippen LogP contribution in [0, 0.1) is 23.6 Å². The number of amides is 1. The molecule has 2 aliphatic heterocycles. The van der Waals surface area contributed by atoms with Gasteiger partial charge in [0.15, 0.2) is 11.6 Å². The lowest BCUT2D eigenvalue weighted by molar-refractivity contribution is 0.0867. The summed E-state index contributed by atoms with van der Waals surface area (Å²) in [6.07, 6.45) is 4.19. The zero-order valence-corrected chi connectivity index (χ0v) is 18.5. The van der Waals surface area contributed by atoms with Crippen LogP contribution in [0.25, 0.3) is 0 Å². The van der Waals surface area contributed by atoms with Crippen LogP contribution in [0.5, 0.6) is 5.75 Å². The number of aliphatic hydroxyl groups is 1. The molecular formula is C24H28FN5O3. The summed E-state index contributed by atoms with van der Waals surface area (Å²) in [5, 5.41) is 16.0. The van der Waals surface area contributed by atoms with Crippen LogP contribution < -0.4 is 20.3 Å². The van der Waals surface area contributed by atoms with Crippen LogP contribution in [0.2, 0.25) is 0 Å². The fraction of sp³-hybridized carbons (Fsp3) is 0.542. The summed E-state index contributed by atoms with van der Waals surface area (Å²) < 4.78 is 19.1. The van der Waals surface area contributed by atoms with E-state index in [1.54, 1.807) is 18.3 Å². The monoisotopic (exact) mass is 453 g/mol. The van der Waals surface area contributed by atoms with Crippen molar-refractivity contribution in [3.8, 4) is 5.75 Å². The number of nitrogens with one attached hydrogen (secondary N) is 2. The molecule has 9 heteroatoms. The molecule has 33 heavy (non-hydrogen) atoms. The van der Waals surface area contributed by atoms with Crippen LogP contribution >= 0.6 is 0 Å². The van der Waals surface area contributed by atoms with Gasteiger partial charge in [0.1, 0.15) is 11.4 Å². The highest BCUT2D eigenvalue weighted by atomic mass is 19.1. The van der Waals surface area contributed by atoms with Crippen LogP contribution in [0.1, 0.15) is 41.6 Å². The third kappa shape index (κ3) is 3.68. The van der Waals surface area contributed by atoms with Gasteiger partial charge in [0.2, 0.25) is 5.95 Å². The number of benzene rings is 1. The van der Waals surface area contributed by atoms with E-state index in [4.69, 9.17) is 9.72 Å². The summed E-state index contributed by atoms with van der Waals surface area (Å²) in [4.78, 5) is 24.6. The van der Waals surface area contributed by atoms with E-state index in [-0.39, 0.29) is 23.8 Å². The predicted octanol–water partition coefficient (Wildman–Crippen LogP) is 2.33. The largest absolute Gasteiger partial charge is 0.494 e. The SMILES string of the molecule is COc1ccc(CNc2nc(N3CC4C5C4C53)ncc2C(=O)NC2CCC(O)CC2)cc1F. The summed E-state index contributed by atoms with van der Waals surface area (Å²) in [6, 6.07) is 5.37. The first-order valence-corrected chi connectivity index (χ1v) is 11.7. The molecule has 3 N–H and O–H groups in total. The highest BCUT2D eigenvalue weighted by Gasteiger charge is 2.81. The summed E-state index contributed by atoms with van der Waals surface area (Å²) in [6.45, 7) is 1.30. The Balaban J connectivity index is 1.21. The number of hydrogen-bond acceptors (Lipinski definition) is 7. The molecule has 2 saturated heterocycles. The van der Waals surface area contributed by atoms with Crippen LogP contribution in [0.15, 0.2) is 24.4 Å². The molecule has 2 atom stereocenters. The Hall–Kier alpha value is -2.94. The number of fused-ring (bicyclic) bond motifs is 1. The van der Waals surface area contributed by atoms with Gasteiger partial charge in [0, 0.05) is 31.4 Å². The summed E-state index contributed by atoms with van der Waals surface area (Å²) in [5.41, 5.74) is 1.09. The Morgan fingerprint density at radius 2 is 2.06 bits per heavy atom. The molecule has 5 fully saturated rings. The average molecular weight is 454 g/mol. The van der Waals surface area contributed by atoms with E-state index in [0.29, 0.717) is 48.3 Å². The molecule has 2 aromatic rings. The first-order chi connectivity index (χ1) is 16.0. The molecule has 1 aromatic heterocycles. The number of nitrogens with zero attached hydrogens (tertiary/aromatic N) is 3. The van der Waals surface area contributed by atoms with Gasteiger partial charge in [0.05, 0.1) is 13.2 Å². The van der Waals surface area contributed by atoms with Gasteiger partial charge < -0.3 is 25.4 Å². The average Bonchev–Trinajstić information content (AvgIpc) is 3.63. The first kappa shape index (κ1) is 20.7. The van der Waals surface area contributed by atoms with E-state index >= 15 is 0 Å². The number of carbonyl (C=O) groups is 1. The second-order valence-electron chi connectivity index (χ2n) is 9.70. The summed E-state index contributed by atoms with van der Waals surface area (Å²) in [7, 11) is 1.43. The van der Waals surface area contributed by atoms with Crippen molar-refractivity contribution in [1.82, 2.24) is 15.3 Å². The lowest BCUT2D eigenvalue weighted by Crippen LogP contribution is -2.39. The number of rotatable bonds is 7. The number of anilines is 2. The number of carbonyl (C=O) groups excluding carboxylic acids is 1. The second-order valence-corrected chi connectivity index (χ2v) is 9.70. The zero-order chi connectivity index (χ0) is 22.7. The maximum absolute atomic E-state index is 14.1. The van der Waals surface area contributed by atoms with Crippen molar-refractivity contribution in [2.24, 2.45) is 17.8 Å². The molecule has 3 saturated carbocycles. The van der Waals surface area contributed by atoms with Crippen molar-refractivity contribution in [3.63, 3.8) is 0 Å². The Bertz CT molecular complexity index is 1070. The highest BCUT2D eigenvalue weighted by molar-refractivity contribution is 5.98. The van der Waals surface area contributed by atoms with Crippen molar-refractivity contribution >= 4 is 17.7 Å². The zero-order valence-electron chi connectivity index (χ0n) is 18.5. The van der Waals surface area contributed by atoms with Gasteiger partial charge >= 0.3 is 0 Å². The van der Waals surface area contributed by atoms with Crippen molar-refractivity contribution < 1.29 is 19.0 Å². The molecule has 174 valence electrons. The molecule has 0 radical (unpaired) electrons. The van der Waals surface area contributed by atoms with Crippen LogP contribution in [-0.4, -0.2) is 52.8 Å². The van der Waals surface area contributed by atoms with Crippen LogP contribution in [0.3, 0.4) is 0 Å². The molecule has 8 nitrogen and oxygen atoms in total.